The van der Waals surface area contributed by atoms with Crippen LogP contribution in [0, 0.1) is 5.92 Å². The molecular formula is C26H31FN2. The van der Waals surface area contributed by atoms with Crippen LogP contribution in [0.25, 0.3) is 0 Å². The predicted octanol–water partition coefficient (Wildman–Crippen LogP) is 7.17. The molecule has 2 aromatic rings. The number of halogens is 1. The zero-order valence-electron chi connectivity index (χ0n) is 17.9. The van der Waals surface area contributed by atoms with E-state index in [-0.39, 0.29) is 12.1 Å². The molecule has 3 atom stereocenters. The maximum Gasteiger partial charge on any atom is 0.144 e. The molecule has 2 nitrogen and oxygen atoms in total. The van der Waals surface area contributed by atoms with Gasteiger partial charge in [-0.25, -0.2) is 4.39 Å². The van der Waals surface area contributed by atoms with Gasteiger partial charge < -0.3 is 9.80 Å². The Morgan fingerprint density at radius 3 is 2.07 bits per heavy atom. The summed E-state index contributed by atoms with van der Waals surface area (Å²) in [7, 11) is 0. The Kier molecular flexibility index (Phi) is 5.97. The normalized spacial score (nSPS) is 25.0. The van der Waals surface area contributed by atoms with Crippen LogP contribution in [0.1, 0.15) is 39.7 Å². The van der Waals surface area contributed by atoms with Crippen molar-refractivity contribution in [1.82, 2.24) is 0 Å². The molecule has 29 heavy (non-hydrogen) atoms. The van der Waals surface area contributed by atoms with E-state index in [0.717, 1.165) is 28.3 Å². The molecule has 2 aromatic carbocycles. The van der Waals surface area contributed by atoms with E-state index in [2.05, 4.69) is 35.1 Å². The van der Waals surface area contributed by atoms with Gasteiger partial charge in [-0.05, 0) is 36.8 Å². The molecule has 0 radical (unpaired) electrons. The van der Waals surface area contributed by atoms with Gasteiger partial charge in [-0.2, -0.15) is 0 Å². The van der Waals surface area contributed by atoms with Crippen molar-refractivity contribution >= 4 is 11.4 Å². The molecule has 0 amide bonds. The Bertz CT molecular complexity index is 917. The number of nitrogens with zero attached hydrogens (tertiary/aromatic N) is 2. The fourth-order valence-electron chi connectivity index (χ4n) is 4.68. The summed E-state index contributed by atoms with van der Waals surface area (Å²) in [5.74, 6) is -0.245. The van der Waals surface area contributed by atoms with E-state index in [4.69, 9.17) is 0 Å². The highest BCUT2D eigenvalue weighted by Crippen LogP contribution is 2.55. The highest BCUT2D eigenvalue weighted by Gasteiger charge is 2.54. The number of hydrogen-bond donors (Lipinski definition) is 0. The second kappa shape index (κ2) is 8.28. The molecule has 3 unspecified atom stereocenters. The smallest absolute Gasteiger partial charge is 0.144 e. The van der Waals surface area contributed by atoms with E-state index in [0.29, 0.717) is 6.42 Å². The number of para-hydroxylation sites is 2. The van der Waals surface area contributed by atoms with Crippen molar-refractivity contribution in [3.05, 3.63) is 96.9 Å². The molecule has 0 fully saturated rings. The highest BCUT2D eigenvalue weighted by atomic mass is 19.1. The summed E-state index contributed by atoms with van der Waals surface area (Å²) in [6.45, 7) is 16.0. The predicted molar refractivity (Wildman–Crippen MR) is 123 cm³/mol. The van der Waals surface area contributed by atoms with Crippen LogP contribution in [0.4, 0.5) is 15.8 Å². The first-order chi connectivity index (χ1) is 14.1. The van der Waals surface area contributed by atoms with Gasteiger partial charge in [-0.15, -0.1) is 0 Å². The van der Waals surface area contributed by atoms with Crippen LogP contribution < -0.4 is 9.80 Å². The average Bonchev–Trinajstić information content (AvgIpc) is 3.13. The largest absolute Gasteiger partial charge is 0.318 e. The van der Waals surface area contributed by atoms with Crippen LogP contribution in [0.15, 0.2) is 91.3 Å². The second-order valence-corrected chi connectivity index (χ2v) is 7.19. The molecule has 0 saturated heterocycles. The minimum absolute atomic E-state index is 0.173. The minimum atomic E-state index is -1.40. The molecule has 0 N–H and O–H groups in total. The summed E-state index contributed by atoms with van der Waals surface area (Å²) in [6, 6.07) is 18.0. The Balaban J connectivity index is 0.00000117. The first kappa shape index (κ1) is 20.9. The molecule has 0 aliphatic carbocycles. The van der Waals surface area contributed by atoms with Crippen LogP contribution in [0.5, 0.6) is 0 Å². The lowest BCUT2D eigenvalue weighted by molar-refractivity contribution is 0.0609. The van der Waals surface area contributed by atoms with Crippen molar-refractivity contribution in [1.29, 1.82) is 0 Å². The summed E-state index contributed by atoms with van der Waals surface area (Å²) in [6.07, 6.45) is 3.97. The zero-order valence-corrected chi connectivity index (χ0v) is 17.9. The zero-order chi connectivity index (χ0) is 21.2. The molecular weight excluding hydrogens is 359 g/mol. The standard InChI is InChI=1S/C24H25FN2.C2H6/c1-5-20-21(6-2)27-22-16-12-11-15-19(22)24(25,7-3)17(4)23(27)26(20)18-13-9-8-10-14-18;1-2/h5-6,8-17,23H,1-2,7H2,3-4H3;1-2H3. The van der Waals surface area contributed by atoms with Crippen molar-refractivity contribution in [2.75, 3.05) is 9.80 Å². The van der Waals surface area contributed by atoms with Crippen LogP contribution >= 0.6 is 0 Å². The molecule has 0 aromatic heterocycles. The van der Waals surface area contributed by atoms with Crippen molar-refractivity contribution in [2.24, 2.45) is 5.92 Å². The minimum Gasteiger partial charge on any atom is -0.318 e. The van der Waals surface area contributed by atoms with E-state index in [1.165, 1.54) is 0 Å². The summed E-state index contributed by atoms with van der Waals surface area (Å²) in [5, 5.41) is 0. The molecule has 2 aliphatic rings. The molecule has 0 saturated carbocycles. The monoisotopic (exact) mass is 390 g/mol. The fraction of sp³-hybridized carbons (Fsp3) is 0.308. The van der Waals surface area contributed by atoms with Gasteiger partial charge in [0, 0.05) is 22.9 Å². The molecule has 0 bridgehead atoms. The maximum atomic E-state index is 16.4. The van der Waals surface area contributed by atoms with Gasteiger partial charge in [0.1, 0.15) is 11.8 Å². The van der Waals surface area contributed by atoms with Crippen molar-refractivity contribution < 1.29 is 4.39 Å². The summed E-state index contributed by atoms with van der Waals surface area (Å²) < 4.78 is 16.4. The van der Waals surface area contributed by atoms with Gasteiger partial charge in [0.05, 0.1) is 11.4 Å². The molecule has 2 aliphatic heterocycles. The summed E-state index contributed by atoms with van der Waals surface area (Å²) in [4.78, 5) is 4.43. The maximum absolute atomic E-state index is 16.4. The first-order valence-electron chi connectivity index (χ1n) is 10.5. The molecule has 0 spiro atoms. The van der Waals surface area contributed by atoms with Gasteiger partial charge in [0.15, 0.2) is 0 Å². The number of benzene rings is 2. The summed E-state index contributed by atoms with van der Waals surface area (Å²) >= 11 is 0. The van der Waals surface area contributed by atoms with Crippen molar-refractivity contribution in [3.63, 3.8) is 0 Å². The summed E-state index contributed by atoms with van der Waals surface area (Å²) in [5.41, 5.74) is 3.24. The van der Waals surface area contributed by atoms with Crippen LogP contribution in [-0.2, 0) is 5.67 Å². The SMILES string of the molecule is C=CC1=C(C=C)N2c3ccccc3C(F)(CC)C(C)C2N1c1ccccc1.CC. The lowest BCUT2D eigenvalue weighted by atomic mass is 9.75. The Hall–Kier alpha value is -2.81. The van der Waals surface area contributed by atoms with Crippen molar-refractivity contribution in [3.8, 4) is 0 Å². The molecule has 3 heteroatoms. The fourth-order valence-corrected chi connectivity index (χ4v) is 4.68. The van der Waals surface area contributed by atoms with E-state index < -0.39 is 5.67 Å². The third-order valence-electron chi connectivity index (χ3n) is 6.03. The quantitative estimate of drug-likeness (QED) is 0.546. The Morgan fingerprint density at radius 2 is 1.48 bits per heavy atom. The lowest BCUT2D eigenvalue weighted by Gasteiger charge is -2.49. The van der Waals surface area contributed by atoms with E-state index >= 15 is 4.39 Å². The lowest BCUT2D eigenvalue weighted by Crippen LogP contribution is -2.55. The van der Waals surface area contributed by atoms with Gasteiger partial charge >= 0.3 is 0 Å². The van der Waals surface area contributed by atoms with Gasteiger partial charge in [-0.1, -0.05) is 77.3 Å². The van der Waals surface area contributed by atoms with E-state index in [1.807, 2.05) is 82.3 Å². The van der Waals surface area contributed by atoms with E-state index in [1.54, 1.807) is 0 Å². The van der Waals surface area contributed by atoms with Gasteiger partial charge in [0.25, 0.3) is 0 Å². The second-order valence-electron chi connectivity index (χ2n) is 7.19. The van der Waals surface area contributed by atoms with Crippen molar-refractivity contribution in [2.45, 2.75) is 46.0 Å². The molecule has 2 heterocycles. The Labute approximate surface area is 174 Å². The third-order valence-corrected chi connectivity index (χ3v) is 6.03. The number of alkyl halides is 1. The number of fused-ring (bicyclic) bond motifs is 3. The van der Waals surface area contributed by atoms with Gasteiger partial charge in [-0.3, -0.25) is 0 Å². The van der Waals surface area contributed by atoms with Gasteiger partial charge in [0.2, 0.25) is 0 Å². The first-order valence-corrected chi connectivity index (χ1v) is 10.5. The molecule has 4 rings (SSSR count). The topological polar surface area (TPSA) is 6.48 Å². The van der Waals surface area contributed by atoms with Crippen LogP contribution in [0.3, 0.4) is 0 Å². The average molecular weight is 391 g/mol. The number of rotatable bonds is 4. The van der Waals surface area contributed by atoms with E-state index in [9.17, 15) is 0 Å². The number of anilines is 2. The third kappa shape index (κ3) is 3.00. The van der Waals surface area contributed by atoms with Crippen LogP contribution in [-0.4, -0.2) is 6.17 Å². The molecule has 152 valence electrons. The number of hydrogen-bond acceptors (Lipinski definition) is 2. The number of allylic oxidation sites excluding steroid dienone is 2. The van der Waals surface area contributed by atoms with Crippen LogP contribution in [0.2, 0.25) is 0 Å². The highest BCUT2D eigenvalue weighted by molar-refractivity contribution is 5.75. The Morgan fingerprint density at radius 1 is 0.931 bits per heavy atom.